The van der Waals surface area contributed by atoms with Crippen molar-refractivity contribution in [3.8, 4) is 11.3 Å². The summed E-state index contributed by atoms with van der Waals surface area (Å²) in [4.78, 5) is 4.45. The van der Waals surface area contributed by atoms with E-state index in [1.54, 1.807) is 12.1 Å². The molecule has 2 atom stereocenters. The van der Waals surface area contributed by atoms with Crippen LogP contribution < -0.4 is 10.9 Å². The number of hydrogen-bond donors (Lipinski definition) is 2. The maximum absolute atomic E-state index is 11.2. The van der Waals surface area contributed by atoms with Gasteiger partial charge in [-0.15, -0.1) is 0 Å². The van der Waals surface area contributed by atoms with Gasteiger partial charge in [0.2, 0.25) is 10.0 Å². The Morgan fingerprint density at radius 1 is 1.24 bits per heavy atom. The Balaban J connectivity index is 1.84. The van der Waals surface area contributed by atoms with Gasteiger partial charge >= 0.3 is 0 Å². The summed E-state index contributed by atoms with van der Waals surface area (Å²) in [6.45, 7) is 0. The molecule has 1 aromatic heterocycles. The fourth-order valence-electron chi connectivity index (χ4n) is 2.45. The molecule has 0 saturated heterocycles. The summed E-state index contributed by atoms with van der Waals surface area (Å²) in [6.07, 6.45) is 2.87. The number of pyridine rings is 1. The van der Waals surface area contributed by atoms with Crippen LogP contribution in [-0.4, -0.2) is 19.4 Å². The van der Waals surface area contributed by atoms with Gasteiger partial charge in [-0.1, -0.05) is 24.3 Å². The molecule has 1 fully saturated rings. The highest BCUT2D eigenvalue weighted by atomic mass is 32.2. The molecule has 0 amide bonds. The fraction of sp³-hybridized carbons (Fsp3) is 0.267. The Morgan fingerprint density at radius 3 is 2.57 bits per heavy atom. The van der Waals surface area contributed by atoms with Crippen LogP contribution in [0.1, 0.15) is 23.5 Å². The number of sulfonamides is 1. The molecular weight excluding hydrogens is 286 g/mol. The van der Waals surface area contributed by atoms with E-state index in [0.717, 1.165) is 23.2 Å². The van der Waals surface area contributed by atoms with Gasteiger partial charge < -0.3 is 5.73 Å². The molecule has 1 aromatic carbocycles. The van der Waals surface area contributed by atoms with Gasteiger partial charge in [0.15, 0.2) is 0 Å². The Labute approximate surface area is 124 Å². The van der Waals surface area contributed by atoms with Gasteiger partial charge in [0.05, 0.1) is 11.4 Å². The zero-order valence-corrected chi connectivity index (χ0v) is 12.3. The molecule has 110 valence electrons. The summed E-state index contributed by atoms with van der Waals surface area (Å²) in [5.74, 6) is 0.260. The van der Waals surface area contributed by atoms with E-state index >= 15 is 0 Å². The second kappa shape index (κ2) is 5.22. The highest BCUT2D eigenvalue weighted by Gasteiger charge is 2.34. The first kappa shape index (κ1) is 14.2. The number of hydrogen-bond acceptors (Lipinski definition) is 4. The SMILES string of the molecule is N[C@@H]1C[C@H]1c1ccc(-c2cccc(CS(N)(=O)=O)c2)nc1. The van der Waals surface area contributed by atoms with Crippen molar-refractivity contribution < 1.29 is 8.42 Å². The van der Waals surface area contributed by atoms with Crippen molar-refractivity contribution in [1.29, 1.82) is 0 Å². The minimum atomic E-state index is -3.53. The number of primary sulfonamides is 1. The third kappa shape index (κ3) is 3.47. The van der Waals surface area contributed by atoms with Gasteiger partial charge in [-0.05, 0) is 29.7 Å². The van der Waals surface area contributed by atoms with Crippen LogP contribution in [0.4, 0.5) is 0 Å². The number of rotatable bonds is 4. The monoisotopic (exact) mass is 303 g/mol. The van der Waals surface area contributed by atoms with Gasteiger partial charge in [-0.25, -0.2) is 13.6 Å². The van der Waals surface area contributed by atoms with E-state index in [2.05, 4.69) is 4.98 Å². The molecule has 2 aromatic rings. The van der Waals surface area contributed by atoms with Crippen LogP contribution in [0.25, 0.3) is 11.3 Å². The predicted octanol–water partition coefficient (Wildman–Crippen LogP) is 1.35. The van der Waals surface area contributed by atoms with E-state index in [1.165, 1.54) is 0 Å². The van der Waals surface area contributed by atoms with E-state index in [4.69, 9.17) is 10.9 Å². The minimum Gasteiger partial charge on any atom is -0.327 e. The van der Waals surface area contributed by atoms with Crippen LogP contribution in [0.3, 0.4) is 0 Å². The molecule has 3 rings (SSSR count). The summed E-state index contributed by atoms with van der Waals surface area (Å²) in [6, 6.07) is 11.5. The highest BCUT2D eigenvalue weighted by molar-refractivity contribution is 7.88. The van der Waals surface area contributed by atoms with Gasteiger partial charge in [0, 0.05) is 23.7 Å². The number of nitrogens with zero attached hydrogens (tertiary/aromatic N) is 1. The first-order chi connectivity index (χ1) is 9.92. The number of benzene rings is 1. The maximum Gasteiger partial charge on any atom is 0.213 e. The average molecular weight is 303 g/mol. The van der Waals surface area contributed by atoms with Crippen molar-refractivity contribution in [3.63, 3.8) is 0 Å². The largest absolute Gasteiger partial charge is 0.327 e. The van der Waals surface area contributed by atoms with Gasteiger partial charge in [-0.2, -0.15) is 0 Å². The fourth-order valence-corrected chi connectivity index (χ4v) is 3.09. The summed E-state index contributed by atoms with van der Waals surface area (Å²) < 4.78 is 22.3. The molecule has 0 aliphatic heterocycles. The lowest BCUT2D eigenvalue weighted by atomic mass is 10.1. The Bertz CT molecular complexity index is 757. The minimum absolute atomic E-state index is 0.171. The van der Waals surface area contributed by atoms with Crippen LogP contribution in [0.2, 0.25) is 0 Å². The molecule has 1 aliphatic carbocycles. The van der Waals surface area contributed by atoms with Crippen LogP contribution in [-0.2, 0) is 15.8 Å². The lowest BCUT2D eigenvalue weighted by Crippen LogP contribution is -2.14. The summed E-state index contributed by atoms with van der Waals surface area (Å²) in [7, 11) is -3.53. The van der Waals surface area contributed by atoms with Crippen molar-refractivity contribution in [1.82, 2.24) is 4.98 Å². The standard InChI is InChI=1S/C15H17N3O2S/c16-14-7-13(14)12-4-5-15(18-8-12)11-3-1-2-10(6-11)9-21(17,19)20/h1-6,8,13-14H,7,9,16H2,(H2,17,19,20)/t13-,14+/m0/s1. The maximum atomic E-state index is 11.2. The molecule has 4 N–H and O–H groups in total. The molecule has 0 unspecified atom stereocenters. The topological polar surface area (TPSA) is 99.1 Å². The van der Waals surface area contributed by atoms with Crippen LogP contribution in [0.5, 0.6) is 0 Å². The molecular formula is C15H17N3O2S. The van der Waals surface area contributed by atoms with Crippen molar-refractivity contribution >= 4 is 10.0 Å². The van der Waals surface area contributed by atoms with E-state index in [1.807, 2.05) is 30.5 Å². The Morgan fingerprint density at radius 2 is 2.00 bits per heavy atom. The van der Waals surface area contributed by atoms with Crippen LogP contribution in [0, 0.1) is 0 Å². The van der Waals surface area contributed by atoms with Crippen molar-refractivity contribution in [2.24, 2.45) is 10.9 Å². The van der Waals surface area contributed by atoms with Gasteiger partial charge in [-0.3, -0.25) is 4.98 Å². The molecule has 1 aliphatic rings. The second-order valence-corrected chi connectivity index (χ2v) is 7.10. The lowest BCUT2D eigenvalue weighted by Gasteiger charge is -2.05. The van der Waals surface area contributed by atoms with E-state index < -0.39 is 10.0 Å². The summed E-state index contributed by atoms with van der Waals surface area (Å²) >= 11 is 0. The van der Waals surface area contributed by atoms with Crippen molar-refractivity contribution in [3.05, 3.63) is 53.7 Å². The summed E-state index contributed by atoms with van der Waals surface area (Å²) in [5.41, 5.74) is 9.33. The lowest BCUT2D eigenvalue weighted by molar-refractivity contribution is 0.597. The zero-order chi connectivity index (χ0) is 15.0. The smallest absolute Gasteiger partial charge is 0.213 e. The molecule has 0 bridgehead atoms. The number of nitrogens with two attached hydrogens (primary N) is 2. The molecule has 0 radical (unpaired) electrons. The van der Waals surface area contributed by atoms with E-state index in [-0.39, 0.29) is 11.8 Å². The third-order valence-corrected chi connectivity index (χ3v) is 4.38. The quantitative estimate of drug-likeness (QED) is 0.890. The molecule has 21 heavy (non-hydrogen) atoms. The molecule has 6 heteroatoms. The van der Waals surface area contributed by atoms with Gasteiger partial charge in [0.1, 0.15) is 0 Å². The van der Waals surface area contributed by atoms with Crippen LogP contribution >= 0.6 is 0 Å². The van der Waals surface area contributed by atoms with E-state index in [9.17, 15) is 8.42 Å². The normalized spacial score (nSPS) is 21.2. The van der Waals surface area contributed by atoms with E-state index in [0.29, 0.717) is 11.5 Å². The third-order valence-electron chi connectivity index (χ3n) is 3.64. The molecule has 5 nitrogen and oxygen atoms in total. The zero-order valence-electron chi connectivity index (χ0n) is 11.4. The second-order valence-electron chi connectivity index (χ2n) is 5.49. The van der Waals surface area contributed by atoms with Crippen molar-refractivity contribution in [2.75, 3.05) is 0 Å². The Kier molecular flexibility index (Phi) is 3.52. The predicted molar refractivity (Wildman–Crippen MR) is 81.8 cm³/mol. The highest BCUT2D eigenvalue weighted by Crippen LogP contribution is 2.38. The average Bonchev–Trinajstić information content (AvgIpc) is 3.14. The molecule has 0 spiro atoms. The first-order valence-corrected chi connectivity index (χ1v) is 8.45. The molecule has 1 saturated carbocycles. The number of aromatic nitrogens is 1. The van der Waals surface area contributed by atoms with Crippen molar-refractivity contribution in [2.45, 2.75) is 24.1 Å². The van der Waals surface area contributed by atoms with Gasteiger partial charge in [0.25, 0.3) is 0 Å². The summed E-state index contributed by atoms with van der Waals surface area (Å²) in [5, 5.41) is 5.07. The first-order valence-electron chi connectivity index (χ1n) is 6.74. The molecule has 1 heterocycles. The van der Waals surface area contributed by atoms with Crippen LogP contribution in [0.15, 0.2) is 42.6 Å². The Hall–Kier alpha value is -1.76.